The fraction of sp³-hybridized carbons (Fsp3) is 0. The third-order valence-corrected chi connectivity index (χ3v) is 5.41. The average molecular weight is 463 g/mol. The number of carbonyl (C=O) groups excluding carboxylic acids is 2. The standard InChI is InChI=1S/C22H13N3O7S/c26-21-20(33-22(27)23(21)15-6-2-1-3-7-15)12-14-5-4-8-17(11-14)32-19-10-9-16(24(28)29)13-18(19)25(30)31/h1-13H/b20-12-. The van der Waals surface area contributed by atoms with Crippen molar-refractivity contribution < 1.29 is 24.2 Å². The first kappa shape index (κ1) is 21.7. The van der Waals surface area contributed by atoms with Gasteiger partial charge in [-0.3, -0.25) is 29.8 Å². The first-order valence-electron chi connectivity index (χ1n) is 9.37. The molecule has 0 bridgehead atoms. The van der Waals surface area contributed by atoms with Crippen LogP contribution in [-0.4, -0.2) is 21.0 Å². The number of carbonyl (C=O) groups is 2. The van der Waals surface area contributed by atoms with Crippen LogP contribution in [-0.2, 0) is 4.79 Å². The lowest BCUT2D eigenvalue weighted by atomic mass is 10.2. The highest BCUT2D eigenvalue weighted by atomic mass is 32.2. The van der Waals surface area contributed by atoms with Crippen molar-refractivity contribution in [2.24, 2.45) is 0 Å². The van der Waals surface area contributed by atoms with E-state index in [1.807, 2.05) is 0 Å². The summed E-state index contributed by atoms with van der Waals surface area (Å²) in [6, 6.07) is 18.0. The molecule has 1 heterocycles. The molecule has 0 aliphatic carbocycles. The Balaban J connectivity index is 1.60. The number of hydrogen-bond donors (Lipinski definition) is 0. The van der Waals surface area contributed by atoms with Gasteiger partial charge in [0.25, 0.3) is 16.8 Å². The number of hydrogen-bond acceptors (Lipinski definition) is 8. The fourth-order valence-electron chi connectivity index (χ4n) is 3.06. The molecule has 0 saturated carbocycles. The number of rotatable bonds is 6. The van der Waals surface area contributed by atoms with E-state index in [-0.39, 0.29) is 16.4 Å². The zero-order valence-corrected chi connectivity index (χ0v) is 17.4. The summed E-state index contributed by atoms with van der Waals surface area (Å²) >= 11 is 0.797. The predicted octanol–water partition coefficient (Wildman–Crippen LogP) is 5.54. The third-order valence-electron chi connectivity index (χ3n) is 4.54. The van der Waals surface area contributed by atoms with Crippen molar-refractivity contribution in [1.29, 1.82) is 0 Å². The SMILES string of the molecule is O=C1S/C(=C\c2cccc(Oc3ccc([N+](=O)[O-])cc3[N+](=O)[O-])c2)C(=O)N1c1ccccc1. The van der Waals surface area contributed by atoms with E-state index < -0.39 is 32.4 Å². The molecule has 0 radical (unpaired) electrons. The maximum Gasteiger partial charge on any atom is 0.318 e. The van der Waals surface area contributed by atoms with Crippen molar-refractivity contribution in [3.8, 4) is 11.5 Å². The number of thioether (sulfide) groups is 1. The molecule has 3 aromatic rings. The molecule has 0 unspecified atom stereocenters. The van der Waals surface area contributed by atoms with Crippen molar-refractivity contribution in [2.45, 2.75) is 0 Å². The van der Waals surface area contributed by atoms with E-state index in [4.69, 9.17) is 4.74 Å². The normalized spacial score (nSPS) is 14.5. The van der Waals surface area contributed by atoms with Crippen molar-refractivity contribution in [3.63, 3.8) is 0 Å². The van der Waals surface area contributed by atoms with Gasteiger partial charge in [-0.15, -0.1) is 0 Å². The van der Waals surface area contributed by atoms with E-state index in [0.717, 1.165) is 34.9 Å². The number of nitro benzene ring substituents is 2. The van der Waals surface area contributed by atoms with Crippen molar-refractivity contribution in [3.05, 3.63) is 103 Å². The van der Waals surface area contributed by atoms with Crippen LogP contribution in [0, 0.1) is 20.2 Å². The molecule has 10 nitrogen and oxygen atoms in total. The average Bonchev–Trinajstić information content (AvgIpc) is 3.07. The summed E-state index contributed by atoms with van der Waals surface area (Å²) in [5.74, 6) is -0.427. The van der Waals surface area contributed by atoms with Gasteiger partial charge in [0.05, 0.1) is 26.5 Å². The van der Waals surface area contributed by atoms with Crippen molar-refractivity contribution in [2.75, 3.05) is 4.90 Å². The summed E-state index contributed by atoms with van der Waals surface area (Å²) in [4.78, 5) is 47.1. The summed E-state index contributed by atoms with van der Waals surface area (Å²) in [5.41, 5.74) is -0.00267. The van der Waals surface area contributed by atoms with Crippen molar-refractivity contribution >= 4 is 46.0 Å². The molecular formula is C22H13N3O7S. The monoisotopic (exact) mass is 463 g/mol. The van der Waals surface area contributed by atoms with Crippen LogP contribution in [0.4, 0.5) is 21.9 Å². The van der Waals surface area contributed by atoms with Gasteiger partial charge < -0.3 is 4.74 Å². The Morgan fingerprint density at radius 2 is 1.64 bits per heavy atom. The van der Waals surface area contributed by atoms with Gasteiger partial charge in [-0.1, -0.05) is 30.3 Å². The molecule has 1 saturated heterocycles. The number of ether oxygens (including phenoxy) is 1. The first-order chi connectivity index (χ1) is 15.8. The third kappa shape index (κ3) is 4.57. The molecule has 4 rings (SSSR count). The van der Waals surface area contributed by atoms with Crippen molar-refractivity contribution in [1.82, 2.24) is 0 Å². The number of non-ortho nitro benzene ring substituents is 1. The van der Waals surface area contributed by atoms with Crippen LogP contribution in [0.5, 0.6) is 11.5 Å². The Kier molecular flexibility index (Phi) is 5.87. The van der Waals surface area contributed by atoms with E-state index in [0.29, 0.717) is 11.3 Å². The lowest BCUT2D eigenvalue weighted by Gasteiger charge is -2.11. The van der Waals surface area contributed by atoms with E-state index in [1.165, 1.54) is 18.2 Å². The fourth-order valence-corrected chi connectivity index (χ4v) is 3.90. The van der Waals surface area contributed by atoms with Gasteiger partial charge in [0.2, 0.25) is 5.75 Å². The van der Waals surface area contributed by atoms with Crippen LogP contribution < -0.4 is 9.64 Å². The van der Waals surface area contributed by atoms with Gasteiger partial charge in [0.15, 0.2) is 0 Å². The highest BCUT2D eigenvalue weighted by Gasteiger charge is 2.36. The van der Waals surface area contributed by atoms with E-state index in [9.17, 15) is 29.8 Å². The van der Waals surface area contributed by atoms with E-state index in [2.05, 4.69) is 0 Å². The minimum Gasteiger partial charge on any atom is -0.450 e. The molecule has 2 amide bonds. The molecule has 0 aromatic heterocycles. The van der Waals surface area contributed by atoms with Gasteiger partial charge in [-0.25, -0.2) is 4.90 Å². The Morgan fingerprint density at radius 3 is 2.33 bits per heavy atom. The smallest absolute Gasteiger partial charge is 0.318 e. The first-order valence-corrected chi connectivity index (χ1v) is 10.2. The largest absolute Gasteiger partial charge is 0.450 e. The van der Waals surface area contributed by atoms with Crippen LogP contribution in [0.3, 0.4) is 0 Å². The Morgan fingerprint density at radius 1 is 0.879 bits per heavy atom. The predicted molar refractivity (Wildman–Crippen MR) is 121 cm³/mol. The summed E-state index contributed by atoms with van der Waals surface area (Å²) in [6.07, 6.45) is 1.52. The quantitative estimate of drug-likeness (QED) is 0.264. The summed E-state index contributed by atoms with van der Waals surface area (Å²) in [5, 5.41) is 21.8. The zero-order valence-electron chi connectivity index (χ0n) is 16.6. The molecule has 11 heteroatoms. The molecular weight excluding hydrogens is 450 g/mol. The number of anilines is 1. The number of para-hydroxylation sites is 1. The second-order valence-electron chi connectivity index (χ2n) is 6.69. The number of benzene rings is 3. The maximum atomic E-state index is 12.8. The molecule has 1 aliphatic heterocycles. The molecule has 164 valence electrons. The minimum absolute atomic E-state index is 0.174. The molecule has 0 spiro atoms. The summed E-state index contributed by atoms with van der Waals surface area (Å²) in [6.45, 7) is 0. The van der Waals surface area contributed by atoms with Gasteiger partial charge in [0.1, 0.15) is 5.75 Å². The molecule has 0 N–H and O–H groups in total. The Hall–Kier alpha value is -4.51. The van der Waals surface area contributed by atoms with E-state index >= 15 is 0 Å². The second kappa shape index (κ2) is 8.93. The minimum atomic E-state index is -0.772. The number of nitrogens with zero attached hydrogens (tertiary/aromatic N) is 3. The highest BCUT2D eigenvalue weighted by Crippen LogP contribution is 2.37. The Bertz CT molecular complexity index is 1320. The molecule has 1 aliphatic rings. The van der Waals surface area contributed by atoms with E-state index in [1.54, 1.807) is 42.5 Å². The van der Waals surface area contributed by atoms with Crippen LogP contribution in [0.1, 0.15) is 5.56 Å². The number of amides is 2. The topological polar surface area (TPSA) is 133 Å². The Labute approximate surface area is 190 Å². The molecule has 33 heavy (non-hydrogen) atoms. The van der Waals surface area contributed by atoms with Gasteiger partial charge in [0, 0.05) is 6.07 Å². The summed E-state index contributed by atoms with van der Waals surface area (Å²) < 4.78 is 5.59. The van der Waals surface area contributed by atoms with Crippen LogP contribution >= 0.6 is 11.8 Å². The van der Waals surface area contributed by atoms with Gasteiger partial charge in [-0.2, -0.15) is 0 Å². The van der Waals surface area contributed by atoms with Gasteiger partial charge in [-0.05, 0) is 53.7 Å². The lowest BCUT2D eigenvalue weighted by Crippen LogP contribution is -2.27. The van der Waals surface area contributed by atoms with Crippen LogP contribution in [0.25, 0.3) is 6.08 Å². The molecule has 3 aromatic carbocycles. The van der Waals surface area contributed by atoms with Crippen LogP contribution in [0.15, 0.2) is 77.7 Å². The second-order valence-corrected chi connectivity index (χ2v) is 7.69. The molecule has 1 fully saturated rings. The number of nitro groups is 2. The maximum absolute atomic E-state index is 12.8. The lowest BCUT2D eigenvalue weighted by molar-refractivity contribution is -0.394. The summed E-state index contributed by atoms with van der Waals surface area (Å²) in [7, 11) is 0. The number of imide groups is 1. The molecule has 0 atom stereocenters. The van der Waals surface area contributed by atoms with Gasteiger partial charge >= 0.3 is 5.69 Å². The zero-order chi connectivity index (χ0) is 23.5. The van der Waals surface area contributed by atoms with Crippen LogP contribution in [0.2, 0.25) is 0 Å². The highest BCUT2D eigenvalue weighted by molar-refractivity contribution is 8.19.